The molecule has 0 aliphatic rings. The van der Waals surface area contributed by atoms with E-state index < -0.39 is 0 Å². The number of carbonyl (C=O) groups is 2. The highest BCUT2D eigenvalue weighted by Gasteiger charge is 2.21. The van der Waals surface area contributed by atoms with Crippen LogP contribution in [0.25, 0.3) is 5.52 Å². The number of nitrogens with zero attached hydrogens (tertiary/aromatic N) is 3. The summed E-state index contributed by atoms with van der Waals surface area (Å²) in [6, 6.07) is 11.3. The Labute approximate surface area is 164 Å². The fourth-order valence-electron chi connectivity index (χ4n) is 2.89. The third-order valence-corrected chi connectivity index (χ3v) is 4.45. The fourth-order valence-corrected chi connectivity index (χ4v) is 2.89. The van der Waals surface area contributed by atoms with Crippen molar-refractivity contribution in [1.82, 2.24) is 19.6 Å². The van der Waals surface area contributed by atoms with Gasteiger partial charge in [-0.2, -0.15) is 0 Å². The molecule has 0 radical (unpaired) electrons. The summed E-state index contributed by atoms with van der Waals surface area (Å²) in [5.74, 6) is -0.459. The number of likely N-dealkylation sites (N-methyl/N-ethyl adjacent to an activating group) is 1. The molecule has 0 spiro atoms. The van der Waals surface area contributed by atoms with Crippen LogP contribution in [0.2, 0.25) is 0 Å². The van der Waals surface area contributed by atoms with Crippen LogP contribution in [0.15, 0.2) is 42.6 Å². The van der Waals surface area contributed by atoms with Crippen LogP contribution in [0.4, 0.5) is 5.69 Å². The quantitative estimate of drug-likeness (QED) is 0.690. The summed E-state index contributed by atoms with van der Waals surface area (Å²) in [4.78, 5) is 31.8. The highest BCUT2D eigenvalue weighted by molar-refractivity contribution is 6.09. The Bertz CT molecular complexity index is 1020. The van der Waals surface area contributed by atoms with Crippen molar-refractivity contribution in [3.8, 4) is 0 Å². The third kappa shape index (κ3) is 4.20. The smallest absolute Gasteiger partial charge is 0.287 e. The van der Waals surface area contributed by atoms with Crippen LogP contribution < -0.4 is 10.6 Å². The lowest BCUT2D eigenvalue weighted by atomic mass is 10.1. The van der Waals surface area contributed by atoms with Crippen LogP contribution in [0.1, 0.15) is 32.2 Å². The van der Waals surface area contributed by atoms with Gasteiger partial charge in [0.15, 0.2) is 5.69 Å². The number of hydrogen-bond donors (Lipinski definition) is 2. The Morgan fingerprint density at radius 3 is 2.64 bits per heavy atom. The van der Waals surface area contributed by atoms with Crippen molar-refractivity contribution in [1.29, 1.82) is 0 Å². The minimum absolute atomic E-state index is 0.195. The van der Waals surface area contributed by atoms with Gasteiger partial charge in [0.05, 0.1) is 5.52 Å². The van der Waals surface area contributed by atoms with Crippen molar-refractivity contribution < 1.29 is 9.59 Å². The summed E-state index contributed by atoms with van der Waals surface area (Å²) in [6.45, 7) is 5.12. The molecule has 0 atom stereocenters. The van der Waals surface area contributed by atoms with E-state index in [1.54, 1.807) is 22.7 Å². The molecule has 7 nitrogen and oxygen atoms in total. The highest BCUT2D eigenvalue weighted by Crippen LogP contribution is 2.19. The van der Waals surface area contributed by atoms with E-state index in [0.29, 0.717) is 12.1 Å². The summed E-state index contributed by atoms with van der Waals surface area (Å²) >= 11 is 0. The molecule has 0 aliphatic carbocycles. The highest BCUT2D eigenvalue weighted by atomic mass is 16.2. The molecular weight excluding hydrogens is 354 g/mol. The Balaban J connectivity index is 1.90. The number of benzene rings is 1. The van der Waals surface area contributed by atoms with Gasteiger partial charge in [-0.05, 0) is 57.3 Å². The molecule has 2 heterocycles. The molecule has 0 unspecified atom stereocenters. The van der Waals surface area contributed by atoms with Crippen molar-refractivity contribution in [3.63, 3.8) is 0 Å². The largest absolute Gasteiger partial charge is 0.348 e. The van der Waals surface area contributed by atoms with Gasteiger partial charge in [-0.3, -0.25) is 14.0 Å². The Kier molecular flexibility index (Phi) is 5.75. The van der Waals surface area contributed by atoms with Crippen molar-refractivity contribution in [3.05, 3.63) is 65.2 Å². The van der Waals surface area contributed by atoms with Gasteiger partial charge < -0.3 is 15.5 Å². The van der Waals surface area contributed by atoms with E-state index in [4.69, 9.17) is 0 Å². The zero-order valence-corrected chi connectivity index (χ0v) is 16.6. The molecule has 2 N–H and O–H groups in total. The Morgan fingerprint density at radius 2 is 1.89 bits per heavy atom. The molecule has 1 aromatic carbocycles. The number of aryl methyl sites for hydroxylation is 2. The number of carbonyl (C=O) groups excluding carboxylic acids is 2. The molecule has 28 heavy (non-hydrogen) atoms. The first-order valence-corrected chi connectivity index (χ1v) is 9.15. The molecule has 0 fully saturated rings. The fraction of sp³-hybridized carbons (Fsp3) is 0.286. The topological polar surface area (TPSA) is 78.7 Å². The van der Waals surface area contributed by atoms with Crippen LogP contribution in [0.5, 0.6) is 0 Å². The summed E-state index contributed by atoms with van der Waals surface area (Å²) in [5.41, 5.74) is 3.56. The third-order valence-electron chi connectivity index (χ3n) is 4.45. The number of aromatic nitrogens is 2. The average Bonchev–Trinajstić information content (AvgIpc) is 3.04. The van der Waals surface area contributed by atoms with Crippen molar-refractivity contribution >= 4 is 23.0 Å². The number of hydrogen-bond acceptors (Lipinski definition) is 4. The summed E-state index contributed by atoms with van der Waals surface area (Å²) in [7, 11) is 3.87. The zero-order valence-electron chi connectivity index (χ0n) is 16.6. The number of rotatable bonds is 6. The second kappa shape index (κ2) is 8.22. The first-order chi connectivity index (χ1) is 13.4. The van der Waals surface area contributed by atoms with Gasteiger partial charge in [-0.15, -0.1) is 0 Å². The van der Waals surface area contributed by atoms with Crippen LogP contribution in [0.3, 0.4) is 0 Å². The predicted molar refractivity (Wildman–Crippen MR) is 110 cm³/mol. The molecule has 0 bridgehead atoms. The standard InChI is InChI=1S/C21H25N5O2/c1-14-8-9-15(2)16(13-14)23-20(27)18-17-7-5-6-11-26(17)19(24-18)21(28)22-10-12-25(3)4/h5-9,11,13H,10,12H2,1-4H3,(H,22,28)(H,23,27). The molecule has 2 amide bonds. The van der Waals surface area contributed by atoms with E-state index in [1.165, 1.54) is 0 Å². The maximum Gasteiger partial charge on any atom is 0.287 e. The van der Waals surface area contributed by atoms with Gasteiger partial charge in [0, 0.05) is 25.0 Å². The molecule has 0 aliphatic heterocycles. The lowest BCUT2D eigenvalue weighted by Gasteiger charge is -2.09. The van der Waals surface area contributed by atoms with Crippen LogP contribution in [0, 0.1) is 13.8 Å². The second-order valence-electron chi connectivity index (χ2n) is 7.07. The summed E-state index contributed by atoms with van der Waals surface area (Å²) in [6.07, 6.45) is 1.73. The van der Waals surface area contributed by atoms with E-state index >= 15 is 0 Å². The summed E-state index contributed by atoms with van der Waals surface area (Å²) in [5, 5.41) is 5.76. The van der Waals surface area contributed by atoms with Gasteiger partial charge in [0.25, 0.3) is 11.8 Å². The van der Waals surface area contributed by atoms with E-state index in [0.717, 1.165) is 23.4 Å². The molecule has 0 saturated heterocycles. The van der Waals surface area contributed by atoms with Crippen molar-refractivity contribution in [2.24, 2.45) is 0 Å². The monoisotopic (exact) mass is 379 g/mol. The number of pyridine rings is 1. The maximum absolute atomic E-state index is 12.9. The normalized spacial score (nSPS) is 11.0. The van der Waals surface area contributed by atoms with Crippen molar-refractivity contribution in [2.45, 2.75) is 13.8 Å². The predicted octanol–water partition coefficient (Wildman–Crippen LogP) is 2.49. The Hall–Kier alpha value is -3.19. The molecule has 7 heteroatoms. The van der Waals surface area contributed by atoms with Gasteiger partial charge in [-0.25, -0.2) is 4.98 Å². The number of amides is 2. The van der Waals surface area contributed by atoms with E-state index in [-0.39, 0.29) is 23.3 Å². The Morgan fingerprint density at radius 1 is 1.11 bits per heavy atom. The average molecular weight is 379 g/mol. The molecule has 2 aromatic heterocycles. The lowest BCUT2D eigenvalue weighted by molar-refractivity contribution is 0.0940. The van der Waals surface area contributed by atoms with Gasteiger partial charge >= 0.3 is 0 Å². The lowest BCUT2D eigenvalue weighted by Crippen LogP contribution is -2.32. The second-order valence-corrected chi connectivity index (χ2v) is 7.07. The first kappa shape index (κ1) is 19.6. The number of imidazole rings is 1. The number of nitrogens with one attached hydrogen (secondary N) is 2. The first-order valence-electron chi connectivity index (χ1n) is 9.15. The number of anilines is 1. The molecule has 3 rings (SSSR count). The minimum Gasteiger partial charge on any atom is -0.348 e. The SMILES string of the molecule is Cc1ccc(C)c(NC(=O)c2nc(C(=O)NCCN(C)C)n3ccccc23)c1. The van der Waals surface area contributed by atoms with Crippen molar-refractivity contribution in [2.75, 3.05) is 32.5 Å². The van der Waals surface area contributed by atoms with Crippen LogP contribution in [-0.2, 0) is 0 Å². The minimum atomic E-state index is -0.343. The van der Waals surface area contributed by atoms with Crippen LogP contribution in [-0.4, -0.2) is 53.3 Å². The molecule has 146 valence electrons. The number of fused-ring (bicyclic) bond motifs is 1. The molecule has 0 saturated carbocycles. The van der Waals surface area contributed by atoms with E-state index in [2.05, 4.69) is 15.6 Å². The van der Waals surface area contributed by atoms with Crippen LogP contribution >= 0.6 is 0 Å². The van der Waals surface area contributed by atoms with Gasteiger partial charge in [0.2, 0.25) is 5.82 Å². The zero-order chi connectivity index (χ0) is 20.3. The molecule has 3 aromatic rings. The molecular formula is C21H25N5O2. The van der Waals surface area contributed by atoms with E-state index in [1.807, 2.05) is 57.1 Å². The maximum atomic E-state index is 12.9. The van der Waals surface area contributed by atoms with E-state index in [9.17, 15) is 9.59 Å². The van der Waals surface area contributed by atoms with Gasteiger partial charge in [0.1, 0.15) is 0 Å². The summed E-state index contributed by atoms with van der Waals surface area (Å²) < 4.78 is 1.64. The van der Waals surface area contributed by atoms with Gasteiger partial charge in [-0.1, -0.05) is 18.2 Å².